The molecule has 52 heavy (non-hydrogen) atoms. The summed E-state index contributed by atoms with van der Waals surface area (Å²) in [5.41, 5.74) is 0. The van der Waals surface area contributed by atoms with Crippen molar-refractivity contribution in [2.45, 2.75) is 20.8 Å². The van der Waals surface area contributed by atoms with Gasteiger partial charge >= 0.3 is 0 Å². The van der Waals surface area contributed by atoms with E-state index < -0.39 is 79.6 Å². The lowest BCUT2D eigenvalue weighted by Crippen LogP contribution is -2.21. The summed E-state index contributed by atoms with van der Waals surface area (Å²) >= 11 is 27.4. The Morgan fingerprint density at radius 3 is 1.37 bits per heavy atom. The molecule has 2 aliphatic rings. The van der Waals surface area contributed by atoms with Crippen LogP contribution in [-0.4, -0.2) is 66.0 Å². The van der Waals surface area contributed by atoms with Gasteiger partial charge in [0.2, 0.25) is 68.6 Å². The van der Waals surface area contributed by atoms with E-state index in [-0.39, 0.29) is 0 Å². The predicted octanol–water partition coefficient (Wildman–Crippen LogP) is 11.9. The van der Waals surface area contributed by atoms with Gasteiger partial charge in [0.05, 0.1) is 0 Å². The van der Waals surface area contributed by atoms with E-state index in [1.54, 1.807) is 18.4 Å². The van der Waals surface area contributed by atoms with Gasteiger partial charge in [-0.15, -0.1) is 12.2 Å². The summed E-state index contributed by atoms with van der Waals surface area (Å²) in [4.78, 5) is 2.38. The Labute approximate surface area is 346 Å². The molecule has 0 radical (unpaired) electrons. The number of benzene rings is 2. The summed E-state index contributed by atoms with van der Waals surface area (Å²) in [6.45, 7) is 14.1. The number of phenolic OH excluding ortho intramolecular Hbond substituents is 1. The molecule has 2 fully saturated rings. The minimum Gasteiger partial charge on any atom is -0.503 e. The van der Waals surface area contributed by atoms with E-state index in [1.807, 2.05) is 25.1 Å². The lowest BCUT2D eigenvalue weighted by Gasteiger charge is -2.16. The van der Waals surface area contributed by atoms with Crippen molar-refractivity contribution in [1.82, 2.24) is 4.90 Å². The van der Waals surface area contributed by atoms with Crippen LogP contribution in [0, 0.1) is 58.2 Å². The fraction of sp³-hybridized carbons (Fsp3) is 0.500. The second-order valence-electron chi connectivity index (χ2n) is 8.92. The summed E-state index contributed by atoms with van der Waals surface area (Å²) in [6, 6.07) is 0. The highest BCUT2D eigenvalue weighted by molar-refractivity contribution is 9.00. The van der Waals surface area contributed by atoms with Crippen molar-refractivity contribution in [1.29, 1.82) is 0 Å². The number of halogens is 10. The Bertz CT molecular complexity index is 1550. The third kappa shape index (κ3) is 23.8. The molecule has 3 nitrogen and oxygen atoms in total. The topological polar surface area (TPSA) is 32.7 Å². The zero-order valence-electron chi connectivity index (χ0n) is 27.4. The molecule has 2 heterocycles. The zero-order valence-corrected chi connectivity index (χ0v) is 40.0. The molecule has 0 amide bonds. The summed E-state index contributed by atoms with van der Waals surface area (Å²) in [5.74, 6) is -20.4. The Hall–Kier alpha value is 1.70. The lowest BCUT2D eigenvalue weighted by molar-refractivity contribution is 0.321. The number of thiol groups is 1. The molecule has 0 aliphatic carbocycles. The van der Waals surface area contributed by atoms with Crippen LogP contribution in [0.4, 0.5) is 43.9 Å². The van der Waals surface area contributed by atoms with Gasteiger partial charge in [0.25, 0.3) is 0 Å². The number of phenols is 1. The SMILES string of the molecule is C1CS1.CCN(CC)CC.CP(C)(=S)S.Fc1c(F)c(F)c(OP2(=S)SCCS2)c(F)c1F.Oc1c(F)c(F)c(F)c(F)c1F.S=PP=S=S=S=S. The van der Waals surface area contributed by atoms with Crippen molar-refractivity contribution < 1.29 is 53.5 Å². The van der Waals surface area contributed by atoms with Gasteiger partial charge in [-0.2, -0.15) is 29.3 Å². The van der Waals surface area contributed by atoms with Crippen molar-refractivity contribution in [2.24, 2.45) is 0 Å². The highest BCUT2D eigenvalue weighted by Crippen LogP contribution is 2.73. The van der Waals surface area contributed by atoms with E-state index in [9.17, 15) is 43.9 Å². The van der Waals surface area contributed by atoms with E-state index >= 15 is 0 Å². The minimum atomic E-state index is -2.67. The largest absolute Gasteiger partial charge is 0.503 e. The molecule has 2 saturated heterocycles. The molecule has 0 spiro atoms. The number of thioether (sulfide) groups is 1. The van der Waals surface area contributed by atoms with Crippen molar-refractivity contribution in [3.63, 3.8) is 0 Å². The number of hydrogen-bond acceptors (Lipinski definition) is 10. The van der Waals surface area contributed by atoms with E-state index in [4.69, 9.17) is 33.2 Å². The number of aromatic hydroxyl groups is 1. The van der Waals surface area contributed by atoms with Crippen LogP contribution >= 0.6 is 70.8 Å². The predicted molar refractivity (Wildman–Crippen MR) is 231 cm³/mol. The van der Waals surface area contributed by atoms with E-state index in [1.165, 1.54) is 69.8 Å². The van der Waals surface area contributed by atoms with Gasteiger partial charge in [-0.1, -0.05) is 55.3 Å². The Balaban J connectivity index is 0. The first-order chi connectivity index (χ1) is 24.1. The van der Waals surface area contributed by atoms with Crippen LogP contribution in [0.5, 0.6) is 11.5 Å². The van der Waals surface area contributed by atoms with Gasteiger partial charge in [0, 0.05) is 37.1 Å². The molecule has 2 aromatic carbocycles. The fourth-order valence-electron chi connectivity index (χ4n) is 2.47. The van der Waals surface area contributed by atoms with Gasteiger partial charge in [0.15, 0.2) is 5.75 Å². The molecule has 0 saturated carbocycles. The van der Waals surface area contributed by atoms with Crippen molar-refractivity contribution in [3.8, 4) is 11.5 Å². The van der Waals surface area contributed by atoms with E-state index in [2.05, 4.69) is 60.9 Å². The third-order valence-electron chi connectivity index (χ3n) is 4.81. The number of rotatable bonds is 6. The molecule has 300 valence electrons. The first-order valence-electron chi connectivity index (χ1n) is 13.6. The van der Waals surface area contributed by atoms with Crippen LogP contribution in [0.2, 0.25) is 0 Å². The summed E-state index contributed by atoms with van der Waals surface area (Å²) in [6.07, 6.45) is 0. The highest BCUT2D eigenvalue weighted by Gasteiger charge is 2.33. The van der Waals surface area contributed by atoms with Gasteiger partial charge in [-0.25, -0.2) is 26.3 Å². The van der Waals surface area contributed by atoms with Crippen LogP contribution in [0.25, 0.3) is 0 Å². The minimum absolute atomic E-state index is 0.622. The van der Waals surface area contributed by atoms with Crippen LogP contribution < -0.4 is 4.52 Å². The van der Waals surface area contributed by atoms with Crippen molar-refractivity contribution >= 4 is 145 Å². The lowest BCUT2D eigenvalue weighted by atomic mass is 10.3. The van der Waals surface area contributed by atoms with Crippen LogP contribution in [0.3, 0.4) is 0 Å². The van der Waals surface area contributed by atoms with Gasteiger partial charge in [-0.3, -0.25) is 0 Å². The Morgan fingerprint density at radius 2 is 1.10 bits per heavy atom. The monoisotopic (exact) mass is 1030 g/mol. The maximum atomic E-state index is 13.3. The van der Waals surface area contributed by atoms with Gasteiger partial charge < -0.3 is 14.5 Å². The molecule has 2 aromatic rings. The van der Waals surface area contributed by atoms with Crippen molar-refractivity contribution in [2.75, 3.05) is 56.0 Å². The summed E-state index contributed by atoms with van der Waals surface area (Å²) in [7, 11) is 6.83. The maximum Gasteiger partial charge on any atom is 0.222 e. The summed E-state index contributed by atoms with van der Waals surface area (Å²) < 4.78 is 128. The molecule has 28 heteroatoms. The van der Waals surface area contributed by atoms with Crippen LogP contribution in [-0.2, 0) is 73.9 Å². The zero-order chi connectivity index (χ0) is 40.8. The highest BCUT2D eigenvalue weighted by atomic mass is 33.3. The summed E-state index contributed by atoms with van der Waals surface area (Å²) in [5, 5.41) is 7.18. The fourth-order valence-corrected chi connectivity index (χ4v) is 20.9. The van der Waals surface area contributed by atoms with Gasteiger partial charge in [0.1, 0.15) is 0 Å². The number of hydrogen-bond donors (Lipinski definition) is 2. The maximum absolute atomic E-state index is 13.3. The molecule has 1 N–H and O–H groups in total. The second kappa shape index (κ2) is 29.8. The molecule has 0 aromatic heterocycles. The number of nitrogens with zero attached hydrogens (tertiary/aromatic N) is 1. The molecule has 0 unspecified atom stereocenters. The van der Waals surface area contributed by atoms with E-state index in [0.717, 1.165) is 7.04 Å². The van der Waals surface area contributed by atoms with Crippen LogP contribution in [0.15, 0.2) is 0 Å². The Morgan fingerprint density at radius 1 is 0.769 bits per heavy atom. The van der Waals surface area contributed by atoms with Gasteiger partial charge in [-0.05, 0) is 100 Å². The average molecular weight is 1030 g/mol. The molecular weight excluding hydrogens is 1000 g/mol. The quantitative estimate of drug-likeness (QED) is 0.0729. The molecule has 2 aliphatic heterocycles. The first-order valence-corrected chi connectivity index (χ1v) is 34.0. The van der Waals surface area contributed by atoms with E-state index in [0.29, 0.717) is 11.5 Å². The Kier molecular flexibility index (Phi) is 32.0. The first kappa shape index (κ1) is 55.8. The third-order valence-corrected chi connectivity index (χ3v) is 24.7. The van der Waals surface area contributed by atoms with Crippen LogP contribution in [0.1, 0.15) is 20.8 Å². The standard InChI is InChI=1S/C8H4F5OPS3.C6HF5O.C6H15N.C2H7PS2.C2H4S.P2S5/c9-3-4(10)6(12)8(7(13)5(3)11)14-15(16)17-1-2-18-15;7-1-2(8)4(10)6(12)5(11)3(1)9;1-4-7(5-2)6-3;1-3(2,4)5;1-2-3-1;3-1-2-5-7-6-4/h1-2H2;12H;4-6H2,1-3H3;1-2H3,(H,4,5);1-2H2;. The average Bonchev–Trinajstić information content (AvgIpc) is 3.93. The normalized spacial score (nSPS) is 13.7. The molecular formula is C24H31F10NO2P4S11. The smallest absolute Gasteiger partial charge is 0.222 e. The molecule has 4 rings (SSSR count). The second-order valence-corrected chi connectivity index (χ2v) is 39.7. The molecule has 0 atom stereocenters. The van der Waals surface area contributed by atoms with Crippen molar-refractivity contribution in [3.05, 3.63) is 58.2 Å². The molecule has 0 bridgehead atoms.